The maximum absolute atomic E-state index is 6.67. The number of methoxy groups -OCH3 is 1. The van der Waals surface area contributed by atoms with Gasteiger partial charge in [0.15, 0.2) is 0 Å². The van der Waals surface area contributed by atoms with Crippen LogP contribution < -0.4 is 4.74 Å². The van der Waals surface area contributed by atoms with Crippen molar-refractivity contribution in [1.29, 1.82) is 0 Å². The van der Waals surface area contributed by atoms with Crippen LogP contribution in [0, 0.1) is 5.92 Å². The van der Waals surface area contributed by atoms with E-state index in [9.17, 15) is 0 Å². The molecule has 0 bridgehead atoms. The van der Waals surface area contributed by atoms with Crippen molar-refractivity contribution in [3.05, 3.63) is 42.0 Å². The number of ether oxygens (including phenoxy) is 1. The number of hydrogen-bond donors (Lipinski definition) is 0. The lowest BCUT2D eigenvalue weighted by atomic mass is 9.92. The summed E-state index contributed by atoms with van der Waals surface area (Å²) in [5.74, 6) is 1.38. The first-order valence-corrected chi connectivity index (χ1v) is 7.32. The minimum absolute atomic E-state index is 0.0516. The number of benzene rings is 2. The van der Waals surface area contributed by atoms with E-state index >= 15 is 0 Å². The number of fused-ring (bicyclic) bond motifs is 1. The minimum Gasteiger partial charge on any atom is -0.496 e. The van der Waals surface area contributed by atoms with Gasteiger partial charge in [-0.3, -0.25) is 0 Å². The molecular weight excluding hydrogens is 256 g/mol. The zero-order valence-corrected chi connectivity index (χ0v) is 12.6. The Morgan fingerprint density at radius 1 is 1.11 bits per heavy atom. The third-order valence-electron chi connectivity index (χ3n) is 3.68. The van der Waals surface area contributed by atoms with Gasteiger partial charge in [0.2, 0.25) is 0 Å². The highest BCUT2D eigenvalue weighted by molar-refractivity contribution is 6.22. The third-order valence-corrected chi connectivity index (χ3v) is 4.34. The van der Waals surface area contributed by atoms with Gasteiger partial charge in [0, 0.05) is 5.39 Å². The Balaban J connectivity index is 2.50. The average molecular weight is 277 g/mol. The Kier molecular flexibility index (Phi) is 4.71. The summed E-state index contributed by atoms with van der Waals surface area (Å²) < 4.78 is 5.43. The predicted molar refractivity (Wildman–Crippen MR) is 83.2 cm³/mol. The van der Waals surface area contributed by atoms with Gasteiger partial charge in [-0.1, -0.05) is 50.6 Å². The van der Waals surface area contributed by atoms with Crippen molar-refractivity contribution in [2.75, 3.05) is 7.11 Å². The molecule has 0 saturated heterocycles. The second-order valence-corrected chi connectivity index (χ2v) is 5.54. The first kappa shape index (κ1) is 14.2. The lowest BCUT2D eigenvalue weighted by Gasteiger charge is -2.20. The van der Waals surface area contributed by atoms with E-state index in [-0.39, 0.29) is 5.38 Å². The van der Waals surface area contributed by atoms with Gasteiger partial charge in [0.25, 0.3) is 0 Å². The van der Waals surface area contributed by atoms with Gasteiger partial charge < -0.3 is 4.74 Å². The Morgan fingerprint density at radius 3 is 2.42 bits per heavy atom. The van der Waals surface area contributed by atoms with Crippen LogP contribution in [0.3, 0.4) is 0 Å². The van der Waals surface area contributed by atoms with E-state index in [4.69, 9.17) is 16.3 Å². The van der Waals surface area contributed by atoms with Gasteiger partial charge in [-0.25, -0.2) is 0 Å². The predicted octanol–water partition coefficient (Wildman–Crippen LogP) is 5.56. The van der Waals surface area contributed by atoms with E-state index in [0.717, 1.165) is 17.6 Å². The lowest BCUT2D eigenvalue weighted by molar-refractivity contribution is 0.419. The molecule has 19 heavy (non-hydrogen) atoms. The zero-order chi connectivity index (χ0) is 13.8. The molecule has 2 heteroatoms. The molecule has 0 amide bonds. The smallest absolute Gasteiger partial charge is 0.126 e. The molecule has 102 valence electrons. The molecule has 0 aliphatic carbocycles. The molecule has 0 radical (unpaired) electrons. The standard InChI is InChI=1S/C17H21ClO/c1-4-7-12(2)17(18)15-10-11-16(19-3)14-9-6-5-8-13(14)15/h5-6,8-12,17H,4,7H2,1-3H3. The van der Waals surface area contributed by atoms with Crippen LogP contribution in [0.15, 0.2) is 36.4 Å². The van der Waals surface area contributed by atoms with Gasteiger partial charge in [-0.05, 0) is 29.4 Å². The van der Waals surface area contributed by atoms with Crippen LogP contribution in [0.25, 0.3) is 10.8 Å². The van der Waals surface area contributed by atoms with E-state index in [1.54, 1.807) is 7.11 Å². The van der Waals surface area contributed by atoms with Crippen molar-refractivity contribution in [1.82, 2.24) is 0 Å². The van der Waals surface area contributed by atoms with Crippen LogP contribution in [0.5, 0.6) is 5.75 Å². The van der Waals surface area contributed by atoms with Crippen LogP contribution in [-0.2, 0) is 0 Å². The number of hydrogen-bond acceptors (Lipinski definition) is 1. The maximum Gasteiger partial charge on any atom is 0.126 e. The average Bonchev–Trinajstić information content (AvgIpc) is 2.45. The Bertz CT molecular complexity index is 550. The summed E-state index contributed by atoms with van der Waals surface area (Å²) in [4.78, 5) is 0. The van der Waals surface area contributed by atoms with E-state index in [0.29, 0.717) is 5.92 Å². The summed E-state index contributed by atoms with van der Waals surface area (Å²) in [6.07, 6.45) is 2.31. The normalized spacial score (nSPS) is 14.3. The molecule has 2 aromatic rings. The summed E-state index contributed by atoms with van der Waals surface area (Å²) in [6.45, 7) is 4.42. The molecule has 2 rings (SSSR count). The molecule has 0 saturated carbocycles. The van der Waals surface area contributed by atoms with Crippen molar-refractivity contribution in [3.8, 4) is 5.75 Å². The molecule has 1 nitrogen and oxygen atoms in total. The van der Waals surface area contributed by atoms with Crippen molar-refractivity contribution in [2.45, 2.75) is 32.1 Å². The molecule has 2 aromatic carbocycles. The van der Waals surface area contributed by atoms with Crippen molar-refractivity contribution in [3.63, 3.8) is 0 Å². The highest BCUT2D eigenvalue weighted by atomic mass is 35.5. The van der Waals surface area contributed by atoms with Gasteiger partial charge in [-0.2, -0.15) is 0 Å². The Hall–Kier alpha value is -1.21. The molecule has 2 unspecified atom stereocenters. The second-order valence-electron chi connectivity index (χ2n) is 5.07. The molecule has 0 aliphatic heterocycles. The number of rotatable bonds is 5. The SMILES string of the molecule is CCCC(C)C(Cl)c1ccc(OC)c2ccccc12. The van der Waals surface area contributed by atoms with E-state index in [1.807, 2.05) is 12.1 Å². The molecule has 0 heterocycles. The fourth-order valence-electron chi connectivity index (χ4n) is 2.62. The van der Waals surface area contributed by atoms with Gasteiger partial charge in [-0.15, -0.1) is 11.6 Å². The molecule has 0 aromatic heterocycles. The van der Waals surface area contributed by atoms with Crippen LogP contribution >= 0.6 is 11.6 Å². The number of alkyl halides is 1. The van der Waals surface area contributed by atoms with Crippen molar-refractivity contribution >= 4 is 22.4 Å². The van der Waals surface area contributed by atoms with Crippen LogP contribution in [0.1, 0.15) is 37.6 Å². The zero-order valence-electron chi connectivity index (χ0n) is 11.8. The summed E-state index contributed by atoms with van der Waals surface area (Å²) >= 11 is 6.67. The molecule has 2 atom stereocenters. The summed E-state index contributed by atoms with van der Waals surface area (Å²) in [5, 5.41) is 2.39. The van der Waals surface area contributed by atoms with Crippen LogP contribution in [0.4, 0.5) is 0 Å². The lowest BCUT2D eigenvalue weighted by Crippen LogP contribution is -2.04. The fourth-order valence-corrected chi connectivity index (χ4v) is 2.94. The largest absolute Gasteiger partial charge is 0.496 e. The van der Waals surface area contributed by atoms with Gasteiger partial charge in [0.1, 0.15) is 5.75 Å². The highest BCUT2D eigenvalue weighted by Gasteiger charge is 2.19. The van der Waals surface area contributed by atoms with E-state index < -0.39 is 0 Å². The van der Waals surface area contributed by atoms with Gasteiger partial charge >= 0.3 is 0 Å². The summed E-state index contributed by atoms with van der Waals surface area (Å²) in [5.41, 5.74) is 1.21. The van der Waals surface area contributed by atoms with Crippen LogP contribution in [0.2, 0.25) is 0 Å². The molecular formula is C17H21ClO. The maximum atomic E-state index is 6.67. The van der Waals surface area contributed by atoms with Crippen molar-refractivity contribution in [2.24, 2.45) is 5.92 Å². The molecule has 0 aliphatic rings. The Morgan fingerprint density at radius 2 is 1.79 bits per heavy atom. The third kappa shape index (κ3) is 2.87. The molecule has 0 spiro atoms. The minimum atomic E-state index is 0.0516. The van der Waals surface area contributed by atoms with Crippen molar-refractivity contribution < 1.29 is 4.74 Å². The second kappa shape index (κ2) is 6.29. The summed E-state index contributed by atoms with van der Waals surface area (Å²) in [6, 6.07) is 12.4. The van der Waals surface area contributed by atoms with E-state index in [1.165, 1.54) is 17.4 Å². The first-order valence-electron chi connectivity index (χ1n) is 6.88. The molecule has 0 fully saturated rings. The van der Waals surface area contributed by atoms with E-state index in [2.05, 4.69) is 38.1 Å². The monoisotopic (exact) mass is 276 g/mol. The quantitative estimate of drug-likeness (QED) is 0.649. The topological polar surface area (TPSA) is 9.23 Å². The van der Waals surface area contributed by atoms with Crippen LogP contribution in [-0.4, -0.2) is 7.11 Å². The summed E-state index contributed by atoms with van der Waals surface area (Å²) in [7, 11) is 1.71. The fraction of sp³-hybridized carbons (Fsp3) is 0.412. The Labute approximate surface area is 120 Å². The first-order chi connectivity index (χ1) is 9.19. The van der Waals surface area contributed by atoms with Gasteiger partial charge in [0.05, 0.1) is 12.5 Å². The highest BCUT2D eigenvalue weighted by Crippen LogP contribution is 2.38. The molecule has 0 N–H and O–H groups in total. The number of halogens is 1.